The van der Waals surface area contributed by atoms with Crippen LogP contribution in [0.3, 0.4) is 0 Å². The topological polar surface area (TPSA) is 82.1 Å². The van der Waals surface area contributed by atoms with Crippen molar-refractivity contribution in [1.82, 2.24) is 15.3 Å². The Morgan fingerprint density at radius 2 is 1.85 bits per heavy atom. The van der Waals surface area contributed by atoms with Crippen molar-refractivity contribution in [3.63, 3.8) is 0 Å². The zero-order valence-corrected chi connectivity index (χ0v) is 19.2. The number of pyridine rings is 1. The molecular formula is C25H27N7S. The molecule has 5 rings (SSSR count). The van der Waals surface area contributed by atoms with Crippen LogP contribution >= 0.6 is 11.8 Å². The van der Waals surface area contributed by atoms with Gasteiger partial charge < -0.3 is 10.7 Å². The van der Waals surface area contributed by atoms with E-state index in [9.17, 15) is 0 Å². The Bertz CT molecular complexity index is 1160. The van der Waals surface area contributed by atoms with Crippen LogP contribution in [0, 0.1) is 0 Å². The van der Waals surface area contributed by atoms with Gasteiger partial charge in [-0.1, -0.05) is 53.1 Å². The van der Waals surface area contributed by atoms with Gasteiger partial charge in [-0.3, -0.25) is 15.3 Å². The SMILES string of the molecule is C=C(N/N=N\N)c1ccc2c(c1)Sc1ccccc1N2C1CCN(Cc2ccccn2)CC1. The Labute approximate surface area is 198 Å². The van der Waals surface area contributed by atoms with E-state index in [2.05, 4.69) is 91.8 Å². The van der Waals surface area contributed by atoms with E-state index < -0.39 is 0 Å². The first-order valence-electron chi connectivity index (χ1n) is 11.1. The molecule has 2 aliphatic rings. The van der Waals surface area contributed by atoms with Gasteiger partial charge >= 0.3 is 0 Å². The van der Waals surface area contributed by atoms with Crippen molar-refractivity contribution in [3.8, 4) is 0 Å². The number of benzene rings is 2. The number of hydrogen-bond donors (Lipinski definition) is 2. The van der Waals surface area contributed by atoms with E-state index in [0.29, 0.717) is 11.7 Å². The van der Waals surface area contributed by atoms with Crippen molar-refractivity contribution in [3.05, 3.63) is 84.7 Å². The number of fused-ring (bicyclic) bond motifs is 2. The number of likely N-dealkylation sites (tertiary alicyclic amines) is 1. The molecule has 1 fully saturated rings. The molecule has 2 aliphatic heterocycles. The van der Waals surface area contributed by atoms with Crippen LogP contribution in [0.2, 0.25) is 0 Å². The van der Waals surface area contributed by atoms with Gasteiger partial charge in [0, 0.05) is 47.2 Å². The minimum atomic E-state index is 0.448. The van der Waals surface area contributed by atoms with Crippen LogP contribution in [0.25, 0.3) is 5.70 Å². The summed E-state index contributed by atoms with van der Waals surface area (Å²) in [6.07, 6.45) is 4.09. The summed E-state index contributed by atoms with van der Waals surface area (Å²) >= 11 is 1.80. The molecule has 0 amide bonds. The highest BCUT2D eigenvalue weighted by Gasteiger charge is 2.31. The van der Waals surface area contributed by atoms with Gasteiger partial charge in [0.15, 0.2) is 0 Å². The summed E-state index contributed by atoms with van der Waals surface area (Å²) in [5.41, 5.74) is 8.09. The second-order valence-electron chi connectivity index (χ2n) is 8.26. The van der Waals surface area contributed by atoms with E-state index in [4.69, 9.17) is 5.84 Å². The predicted octanol–water partition coefficient (Wildman–Crippen LogP) is 5.15. The van der Waals surface area contributed by atoms with Gasteiger partial charge in [-0.25, -0.2) is 0 Å². The maximum Gasteiger partial charge on any atom is 0.0580 e. The molecule has 168 valence electrons. The molecule has 0 unspecified atom stereocenters. The van der Waals surface area contributed by atoms with E-state index in [0.717, 1.165) is 43.7 Å². The summed E-state index contributed by atoms with van der Waals surface area (Å²) in [6, 6.07) is 21.7. The molecule has 0 spiro atoms. The zero-order valence-electron chi connectivity index (χ0n) is 18.4. The Morgan fingerprint density at radius 1 is 1.06 bits per heavy atom. The van der Waals surface area contributed by atoms with Gasteiger partial charge in [-0.15, -0.1) is 0 Å². The smallest absolute Gasteiger partial charge is 0.0580 e. The highest BCUT2D eigenvalue weighted by atomic mass is 32.2. The van der Waals surface area contributed by atoms with Crippen molar-refractivity contribution < 1.29 is 0 Å². The van der Waals surface area contributed by atoms with E-state index in [1.165, 1.54) is 21.2 Å². The Balaban J connectivity index is 1.38. The predicted molar refractivity (Wildman–Crippen MR) is 133 cm³/mol. The van der Waals surface area contributed by atoms with E-state index >= 15 is 0 Å². The number of para-hydroxylation sites is 1. The molecule has 1 saturated heterocycles. The largest absolute Gasteiger partial charge is 0.336 e. The lowest BCUT2D eigenvalue weighted by atomic mass is 10.00. The monoisotopic (exact) mass is 457 g/mol. The number of anilines is 2. The second-order valence-corrected chi connectivity index (χ2v) is 9.34. The summed E-state index contributed by atoms with van der Waals surface area (Å²) < 4.78 is 0. The lowest BCUT2D eigenvalue weighted by molar-refractivity contribution is 0.203. The van der Waals surface area contributed by atoms with Crippen LogP contribution in [0.5, 0.6) is 0 Å². The summed E-state index contributed by atoms with van der Waals surface area (Å²) in [7, 11) is 0. The van der Waals surface area contributed by atoms with Gasteiger partial charge in [0.05, 0.1) is 22.8 Å². The molecule has 3 heterocycles. The molecule has 0 radical (unpaired) electrons. The molecule has 8 heteroatoms. The van der Waals surface area contributed by atoms with Gasteiger partial charge in [-0.05, 0) is 49.2 Å². The minimum Gasteiger partial charge on any atom is -0.336 e. The fourth-order valence-corrected chi connectivity index (χ4v) is 5.69. The highest BCUT2D eigenvalue weighted by molar-refractivity contribution is 7.99. The van der Waals surface area contributed by atoms with Crippen molar-refractivity contribution in [1.29, 1.82) is 0 Å². The average Bonchev–Trinajstić information content (AvgIpc) is 2.86. The van der Waals surface area contributed by atoms with Crippen molar-refractivity contribution >= 4 is 28.8 Å². The van der Waals surface area contributed by atoms with Gasteiger partial charge in [0.2, 0.25) is 0 Å². The lowest BCUT2D eigenvalue weighted by Gasteiger charge is -2.43. The molecule has 0 saturated carbocycles. The third-order valence-electron chi connectivity index (χ3n) is 6.19. The van der Waals surface area contributed by atoms with Crippen LogP contribution in [0.1, 0.15) is 24.1 Å². The van der Waals surface area contributed by atoms with Crippen LogP contribution in [-0.2, 0) is 6.54 Å². The Hall–Kier alpha value is -3.36. The molecule has 3 N–H and O–H groups in total. The van der Waals surface area contributed by atoms with Gasteiger partial charge in [0.1, 0.15) is 0 Å². The Morgan fingerprint density at radius 3 is 2.64 bits per heavy atom. The summed E-state index contributed by atoms with van der Waals surface area (Å²) in [4.78, 5) is 12.0. The summed E-state index contributed by atoms with van der Waals surface area (Å²) in [5, 5.41) is 6.90. The quantitative estimate of drug-likeness (QED) is 0.303. The van der Waals surface area contributed by atoms with Crippen LogP contribution in [-0.4, -0.2) is 29.0 Å². The van der Waals surface area contributed by atoms with Gasteiger partial charge in [-0.2, -0.15) is 0 Å². The summed E-state index contributed by atoms with van der Waals surface area (Å²) in [5.74, 6) is 5.11. The second kappa shape index (κ2) is 9.64. The first-order chi connectivity index (χ1) is 16.2. The van der Waals surface area contributed by atoms with Crippen LogP contribution in [0.4, 0.5) is 11.4 Å². The molecule has 0 aliphatic carbocycles. The van der Waals surface area contributed by atoms with E-state index in [-0.39, 0.29) is 0 Å². The molecule has 2 aromatic carbocycles. The molecule has 3 aromatic rings. The van der Waals surface area contributed by atoms with Crippen molar-refractivity contribution in [2.75, 3.05) is 18.0 Å². The molecule has 0 bridgehead atoms. The number of hydrogen-bond acceptors (Lipinski definition) is 6. The first kappa shape index (κ1) is 21.5. The van der Waals surface area contributed by atoms with Crippen LogP contribution < -0.4 is 16.2 Å². The fraction of sp³-hybridized carbons (Fsp3) is 0.240. The molecule has 1 aromatic heterocycles. The van der Waals surface area contributed by atoms with Crippen molar-refractivity contribution in [2.24, 2.45) is 16.3 Å². The van der Waals surface area contributed by atoms with E-state index in [1.54, 1.807) is 11.8 Å². The van der Waals surface area contributed by atoms with Gasteiger partial charge in [0.25, 0.3) is 0 Å². The number of nitrogens with one attached hydrogen (secondary N) is 1. The van der Waals surface area contributed by atoms with Crippen molar-refractivity contribution in [2.45, 2.75) is 35.2 Å². The Kier molecular flexibility index (Phi) is 6.28. The van der Waals surface area contributed by atoms with E-state index in [1.807, 2.05) is 12.3 Å². The standard InChI is InChI=1S/C25H27N7S/c1-18(28-30-29-26)19-9-10-23-25(16-19)33-24-8-3-2-7-22(24)32(23)21-11-14-31(15-12-21)17-20-6-4-5-13-27-20/h2-10,13,16,21H,1,11-12,14-15,17H2,(H2,26,30)(H,28,29). The zero-order chi connectivity index (χ0) is 22.6. The number of piperidine rings is 1. The number of aromatic nitrogens is 1. The number of nitrogens with two attached hydrogens (primary N) is 1. The molecular weight excluding hydrogens is 430 g/mol. The molecule has 0 atom stereocenters. The average molecular weight is 458 g/mol. The molecule has 33 heavy (non-hydrogen) atoms. The fourth-order valence-electron chi connectivity index (χ4n) is 4.58. The maximum atomic E-state index is 5.11. The number of nitrogens with zero attached hydrogens (tertiary/aromatic N) is 5. The number of rotatable bonds is 6. The first-order valence-corrected chi connectivity index (χ1v) is 11.9. The lowest BCUT2D eigenvalue weighted by Crippen LogP contribution is -2.43. The molecule has 7 nitrogen and oxygen atoms in total. The third-order valence-corrected chi connectivity index (χ3v) is 7.30. The maximum absolute atomic E-state index is 5.11. The highest BCUT2D eigenvalue weighted by Crippen LogP contribution is 2.50. The minimum absolute atomic E-state index is 0.448. The normalized spacial score (nSPS) is 16.4. The third kappa shape index (κ3) is 4.58. The summed E-state index contributed by atoms with van der Waals surface area (Å²) in [6.45, 7) is 7.09. The van der Waals surface area contributed by atoms with Crippen LogP contribution in [0.15, 0.2) is 93.7 Å².